The minimum Gasteiger partial charge on any atom is -0.382 e. The first-order chi connectivity index (χ1) is 20.8. The predicted octanol–water partition coefficient (Wildman–Crippen LogP) is 4.23. The highest BCUT2D eigenvalue weighted by Gasteiger charge is 2.23. The zero-order valence-corrected chi connectivity index (χ0v) is 23.5. The van der Waals surface area contributed by atoms with Gasteiger partial charge in [0.2, 0.25) is 0 Å². The zero-order chi connectivity index (χ0) is 30.5. The molecule has 0 aliphatic rings. The fourth-order valence-electron chi connectivity index (χ4n) is 4.81. The molecule has 1 atom stereocenters. The van der Waals surface area contributed by atoms with Gasteiger partial charge in [0.25, 0.3) is 11.5 Å². The number of hydroxylamine groups is 1. The van der Waals surface area contributed by atoms with Gasteiger partial charge in [-0.15, -0.1) is 0 Å². The van der Waals surface area contributed by atoms with Crippen molar-refractivity contribution in [2.45, 2.75) is 32.9 Å². The van der Waals surface area contributed by atoms with Gasteiger partial charge < -0.3 is 16.4 Å². The molecule has 5 rings (SSSR count). The second kappa shape index (κ2) is 12.4. The topological polar surface area (TPSA) is 184 Å². The molecule has 5 aromatic rings. The Kier molecular flexibility index (Phi) is 8.27. The van der Waals surface area contributed by atoms with Gasteiger partial charge in [-0.3, -0.25) is 19.4 Å². The summed E-state index contributed by atoms with van der Waals surface area (Å²) in [7, 11) is 0. The molecule has 12 heteroatoms. The summed E-state index contributed by atoms with van der Waals surface area (Å²) >= 11 is 0. The van der Waals surface area contributed by atoms with Crippen LogP contribution in [0, 0.1) is 18.3 Å². The number of nitrogens with one attached hydrogen (secondary N) is 3. The first-order valence-corrected chi connectivity index (χ1v) is 13.5. The van der Waals surface area contributed by atoms with Crippen molar-refractivity contribution in [2.24, 2.45) is 0 Å². The second-order valence-corrected chi connectivity index (χ2v) is 9.73. The Morgan fingerprint density at radius 3 is 2.47 bits per heavy atom. The number of nitrogen functional groups attached to an aromatic ring is 1. The minimum atomic E-state index is -0.598. The number of carbonyl (C=O) groups excluding carboxylic acids is 1. The van der Waals surface area contributed by atoms with Gasteiger partial charge in [0, 0.05) is 17.8 Å². The molecule has 12 nitrogen and oxygen atoms in total. The average Bonchev–Trinajstić information content (AvgIpc) is 3.02. The number of anilines is 3. The molecule has 43 heavy (non-hydrogen) atoms. The Morgan fingerprint density at radius 1 is 1.05 bits per heavy atom. The molecule has 2 heterocycles. The van der Waals surface area contributed by atoms with Crippen molar-refractivity contribution in [2.75, 3.05) is 16.4 Å². The highest BCUT2D eigenvalue weighted by atomic mass is 16.5. The maximum Gasteiger partial charge on any atom is 0.274 e. The number of aryl methyl sites for hydroxylation is 1. The minimum absolute atomic E-state index is 0.0706. The van der Waals surface area contributed by atoms with E-state index in [1.807, 2.05) is 49.4 Å². The number of amides is 1. The van der Waals surface area contributed by atoms with Crippen LogP contribution in [0.1, 0.15) is 52.5 Å². The smallest absolute Gasteiger partial charge is 0.274 e. The highest BCUT2D eigenvalue weighted by molar-refractivity contribution is 5.93. The second-order valence-electron chi connectivity index (χ2n) is 9.73. The lowest BCUT2D eigenvalue weighted by Crippen LogP contribution is -2.29. The number of nitrogens with two attached hydrogens (primary N) is 1. The van der Waals surface area contributed by atoms with E-state index in [0.717, 1.165) is 5.56 Å². The van der Waals surface area contributed by atoms with Gasteiger partial charge in [0.1, 0.15) is 29.1 Å². The molecular weight excluding hydrogens is 546 g/mol. The SMILES string of the molecule is CCC(Nc1nc(C)nc(N)c1C#N)c1nc2cccc(NCc3ccc(C(=O)NO)cc3)c2c(=O)n1-c1ccccc1. The van der Waals surface area contributed by atoms with Crippen LogP contribution in [0.5, 0.6) is 0 Å². The van der Waals surface area contributed by atoms with Gasteiger partial charge in [-0.1, -0.05) is 43.3 Å². The summed E-state index contributed by atoms with van der Waals surface area (Å²) in [5, 5.41) is 25.6. The van der Waals surface area contributed by atoms with E-state index in [2.05, 4.69) is 26.7 Å². The van der Waals surface area contributed by atoms with Crippen molar-refractivity contribution in [1.82, 2.24) is 25.0 Å². The van der Waals surface area contributed by atoms with E-state index >= 15 is 0 Å². The van der Waals surface area contributed by atoms with Gasteiger partial charge in [0.15, 0.2) is 5.82 Å². The van der Waals surface area contributed by atoms with E-state index in [4.69, 9.17) is 15.9 Å². The Labute approximate surface area is 246 Å². The number of aromatic nitrogens is 4. The van der Waals surface area contributed by atoms with Crippen molar-refractivity contribution in [3.63, 3.8) is 0 Å². The van der Waals surface area contributed by atoms with Crippen molar-refractivity contribution < 1.29 is 10.0 Å². The summed E-state index contributed by atoms with van der Waals surface area (Å²) in [6.07, 6.45) is 0.515. The number of fused-ring (bicyclic) bond motifs is 1. The molecule has 1 amide bonds. The number of nitrogens with zero attached hydrogens (tertiary/aromatic N) is 5. The summed E-state index contributed by atoms with van der Waals surface area (Å²) in [4.78, 5) is 39.4. The van der Waals surface area contributed by atoms with Gasteiger partial charge in [-0.2, -0.15) is 5.26 Å². The van der Waals surface area contributed by atoms with Crippen molar-refractivity contribution in [3.05, 3.63) is 111 Å². The van der Waals surface area contributed by atoms with E-state index in [1.165, 1.54) is 0 Å². The van der Waals surface area contributed by atoms with Crippen LogP contribution in [0.2, 0.25) is 0 Å². The summed E-state index contributed by atoms with van der Waals surface area (Å²) < 4.78 is 1.57. The van der Waals surface area contributed by atoms with Crippen molar-refractivity contribution >= 4 is 34.1 Å². The number of hydrogen-bond acceptors (Lipinski definition) is 10. The molecule has 0 radical (unpaired) electrons. The first-order valence-electron chi connectivity index (χ1n) is 13.5. The van der Waals surface area contributed by atoms with Gasteiger partial charge in [-0.25, -0.2) is 20.4 Å². The third-order valence-electron chi connectivity index (χ3n) is 6.93. The number of carbonyl (C=O) groups is 1. The summed E-state index contributed by atoms with van der Waals surface area (Å²) in [6.45, 7) is 4.00. The van der Waals surface area contributed by atoms with Crippen LogP contribution < -0.4 is 27.4 Å². The lowest BCUT2D eigenvalue weighted by atomic mass is 10.1. The van der Waals surface area contributed by atoms with Crippen LogP contribution in [0.4, 0.5) is 17.3 Å². The fraction of sp³-hybridized carbons (Fsp3) is 0.161. The van der Waals surface area contributed by atoms with E-state index in [9.17, 15) is 14.9 Å². The molecule has 0 fully saturated rings. The normalized spacial score (nSPS) is 11.5. The Morgan fingerprint density at radius 2 is 1.79 bits per heavy atom. The highest BCUT2D eigenvalue weighted by Crippen LogP contribution is 2.28. The number of para-hydroxylation sites is 1. The lowest BCUT2D eigenvalue weighted by molar-refractivity contribution is 0.0706. The molecule has 0 aliphatic heterocycles. The summed E-state index contributed by atoms with van der Waals surface area (Å²) in [5.41, 5.74) is 10.4. The average molecular weight is 576 g/mol. The quantitative estimate of drug-likeness (QED) is 0.126. The molecule has 0 aliphatic carbocycles. The van der Waals surface area contributed by atoms with Crippen LogP contribution in [-0.2, 0) is 6.54 Å². The van der Waals surface area contributed by atoms with E-state index < -0.39 is 11.9 Å². The number of benzene rings is 3. The van der Waals surface area contributed by atoms with E-state index in [-0.39, 0.29) is 22.8 Å². The Bertz CT molecular complexity index is 1900. The molecule has 216 valence electrons. The van der Waals surface area contributed by atoms with Crippen LogP contribution in [0.15, 0.2) is 77.6 Å². The van der Waals surface area contributed by atoms with Gasteiger partial charge >= 0.3 is 0 Å². The summed E-state index contributed by atoms with van der Waals surface area (Å²) in [5.74, 6) is 0.592. The molecule has 2 aromatic heterocycles. The Hall–Kier alpha value is -5.80. The predicted molar refractivity (Wildman–Crippen MR) is 163 cm³/mol. The van der Waals surface area contributed by atoms with Crippen LogP contribution in [0.25, 0.3) is 16.6 Å². The van der Waals surface area contributed by atoms with Crippen molar-refractivity contribution in [3.8, 4) is 11.8 Å². The standard InChI is InChI=1S/C31H29N9O3/c1-3-23(37-28-22(16-32)27(33)35-18(2)36-28)29-38-25-11-7-10-24(26(25)31(42)40(29)21-8-5-4-6-9-21)34-17-19-12-14-20(15-13-19)30(41)39-43/h4-15,23,34,43H,3,17H2,1-2H3,(H,39,41)(H3,33,35,36,37). The molecule has 6 N–H and O–H groups in total. The third kappa shape index (κ3) is 5.83. The molecular formula is C31H29N9O3. The van der Waals surface area contributed by atoms with Crippen LogP contribution in [-0.4, -0.2) is 30.6 Å². The maximum atomic E-state index is 14.3. The number of hydrogen-bond donors (Lipinski definition) is 5. The first kappa shape index (κ1) is 28.7. The fourth-order valence-corrected chi connectivity index (χ4v) is 4.81. The summed E-state index contributed by atoms with van der Waals surface area (Å²) in [6, 6.07) is 22.9. The van der Waals surface area contributed by atoms with Crippen molar-refractivity contribution in [1.29, 1.82) is 5.26 Å². The number of rotatable bonds is 9. The molecule has 3 aromatic carbocycles. The lowest BCUT2D eigenvalue weighted by Gasteiger charge is -2.23. The Balaban J connectivity index is 1.60. The van der Waals surface area contributed by atoms with Gasteiger partial charge in [0.05, 0.1) is 22.6 Å². The molecule has 0 bridgehead atoms. The monoisotopic (exact) mass is 575 g/mol. The molecule has 0 spiro atoms. The van der Waals surface area contributed by atoms with E-state index in [1.54, 1.807) is 47.3 Å². The maximum absolute atomic E-state index is 14.3. The van der Waals surface area contributed by atoms with Crippen LogP contribution in [0.3, 0.4) is 0 Å². The largest absolute Gasteiger partial charge is 0.382 e. The van der Waals surface area contributed by atoms with Gasteiger partial charge in [-0.05, 0) is 55.3 Å². The molecule has 1 unspecified atom stereocenters. The molecule has 0 saturated heterocycles. The molecule has 0 saturated carbocycles. The van der Waals surface area contributed by atoms with Crippen LogP contribution >= 0.6 is 0 Å². The number of nitriles is 1. The zero-order valence-electron chi connectivity index (χ0n) is 23.5. The van der Waals surface area contributed by atoms with E-state index in [0.29, 0.717) is 52.5 Å². The third-order valence-corrected chi connectivity index (χ3v) is 6.93.